The van der Waals surface area contributed by atoms with E-state index < -0.39 is 0 Å². The minimum Gasteiger partial charge on any atom is -0.368 e. The van der Waals surface area contributed by atoms with Crippen molar-refractivity contribution >= 4 is 29.2 Å². The average Bonchev–Trinajstić information content (AvgIpc) is 2.90. The topological polar surface area (TPSA) is 22.1 Å². The molecular weight excluding hydrogens is 368 g/mol. The molecule has 28 heavy (non-hydrogen) atoms. The van der Waals surface area contributed by atoms with Gasteiger partial charge in [-0.05, 0) is 42.0 Å². The van der Waals surface area contributed by atoms with Crippen LogP contribution in [0.5, 0.6) is 0 Å². The third-order valence-electron chi connectivity index (χ3n) is 5.85. The molecule has 0 saturated carbocycles. The summed E-state index contributed by atoms with van der Waals surface area (Å²) in [5.74, 6) is 0. The van der Waals surface area contributed by atoms with E-state index >= 15 is 0 Å². The Balaban J connectivity index is 1.40. The Hall–Kier alpha value is -2.46. The van der Waals surface area contributed by atoms with Gasteiger partial charge in [-0.15, -0.1) is 0 Å². The van der Waals surface area contributed by atoms with Gasteiger partial charge in [0.25, 0.3) is 0 Å². The second kappa shape index (κ2) is 7.51. The molecule has 0 N–H and O–H groups in total. The van der Waals surface area contributed by atoms with Crippen molar-refractivity contribution in [3.05, 3.63) is 70.9 Å². The molecule has 2 aliphatic rings. The van der Waals surface area contributed by atoms with Crippen molar-refractivity contribution in [2.24, 2.45) is 5.10 Å². The molecular formula is C23H27ClN4. The fourth-order valence-electron chi connectivity index (χ4n) is 4.22. The van der Waals surface area contributed by atoms with Gasteiger partial charge in [0.2, 0.25) is 0 Å². The summed E-state index contributed by atoms with van der Waals surface area (Å²) < 4.78 is 0. The van der Waals surface area contributed by atoms with Gasteiger partial charge < -0.3 is 9.80 Å². The molecule has 0 amide bonds. The molecule has 146 valence electrons. The zero-order chi connectivity index (χ0) is 19.7. The van der Waals surface area contributed by atoms with Gasteiger partial charge in [-0.1, -0.05) is 43.6 Å². The number of rotatable bonds is 3. The first-order chi connectivity index (χ1) is 13.5. The van der Waals surface area contributed by atoms with Crippen LogP contribution >= 0.6 is 11.6 Å². The first-order valence-corrected chi connectivity index (χ1v) is 10.2. The highest BCUT2D eigenvalue weighted by Gasteiger charge is 2.37. The van der Waals surface area contributed by atoms with E-state index in [4.69, 9.17) is 16.7 Å². The van der Waals surface area contributed by atoms with E-state index in [2.05, 4.69) is 78.2 Å². The van der Waals surface area contributed by atoms with Crippen molar-refractivity contribution in [1.82, 2.24) is 5.01 Å². The Bertz CT molecular complexity index is 893. The minimum atomic E-state index is -0.00928. The van der Waals surface area contributed by atoms with Gasteiger partial charge in [-0.3, -0.25) is 5.01 Å². The molecule has 2 aromatic rings. The van der Waals surface area contributed by atoms with Crippen molar-refractivity contribution < 1.29 is 0 Å². The standard InChI is InChI=1S/C23H27ClN4/c1-23(2)20-6-4-5-7-21(20)26(3)22(23)12-13-25-28-16-14-27(15-17-28)19-10-8-18(24)9-11-19/h4-13H,14-17H2,1-3H3/b22-12-,25-13+. The summed E-state index contributed by atoms with van der Waals surface area (Å²) in [6.07, 6.45) is 4.11. The number of anilines is 2. The van der Waals surface area contributed by atoms with E-state index in [0.717, 1.165) is 31.2 Å². The number of hydrazone groups is 1. The second-order valence-corrected chi connectivity index (χ2v) is 8.37. The molecule has 4 rings (SSSR count). The van der Waals surface area contributed by atoms with Crippen molar-refractivity contribution in [2.45, 2.75) is 19.3 Å². The fourth-order valence-corrected chi connectivity index (χ4v) is 4.35. The third-order valence-corrected chi connectivity index (χ3v) is 6.10. The van der Waals surface area contributed by atoms with Crippen LogP contribution in [0.1, 0.15) is 19.4 Å². The van der Waals surface area contributed by atoms with Crippen LogP contribution in [0.2, 0.25) is 5.02 Å². The molecule has 0 radical (unpaired) electrons. The third kappa shape index (κ3) is 3.49. The van der Waals surface area contributed by atoms with Crippen molar-refractivity contribution in [2.75, 3.05) is 43.0 Å². The van der Waals surface area contributed by atoms with Crippen LogP contribution in [0.3, 0.4) is 0 Å². The largest absolute Gasteiger partial charge is 0.368 e. The average molecular weight is 395 g/mol. The van der Waals surface area contributed by atoms with Gasteiger partial charge in [0, 0.05) is 53.9 Å². The maximum absolute atomic E-state index is 5.99. The molecule has 0 aliphatic carbocycles. The lowest BCUT2D eigenvalue weighted by Gasteiger charge is -2.34. The predicted octanol–water partition coefficient (Wildman–Crippen LogP) is 4.76. The number of allylic oxidation sites excluding steroid dienone is 2. The van der Waals surface area contributed by atoms with Gasteiger partial charge in [0.15, 0.2) is 0 Å². The number of benzene rings is 2. The number of hydrogen-bond donors (Lipinski definition) is 0. The van der Waals surface area contributed by atoms with Gasteiger partial charge in [0.05, 0.1) is 13.1 Å². The fraction of sp³-hybridized carbons (Fsp3) is 0.348. The summed E-state index contributed by atoms with van der Waals surface area (Å²) in [6, 6.07) is 16.7. The molecule has 1 saturated heterocycles. The number of piperazine rings is 1. The zero-order valence-corrected chi connectivity index (χ0v) is 17.5. The number of nitrogens with zero attached hydrogens (tertiary/aromatic N) is 4. The number of hydrogen-bond acceptors (Lipinski definition) is 4. The highest BCUT2D eigenvalue weighted by molar-refractivity contribution is 6.30. The van der Waals surface area contributed by atoms with Crippen LogP contribution in [0.4, 0.5) is 11.4 Å². The molecule has 4 nitrogen and oxygen atoms in total. The number of halogens is 1. The van der Waals surface area contributed by atoms with E-state index in [-0.39, 0.29) is 5.41 Å². The maximum atomic E-state index is 5.99. The van der Waals surface area contributed by atoms with E-state index in [1.165, 1.54) is 22.6 Å². The van der Waals surface area contributed by atoms with Crippen LogP contribution in [0, 0.1) is 0 Å². The number of fused-ring (bicyclic) bond motifs is 1. The lowest BCUT2D eigenvalue weighted by atomic mass is 9.84. The molecule has 5 heteroatoms. The van der Waals surface area contributed by atoms with Gasteiger partial charge in [-0.2, -0.15) is 5.10 Å². The monoisotopic (exact) mass is 394 g/mol. The summed E-state index contributed by atoms with van der Waals surface area (Å²) in [5.41, 5.74) is 5.14. The molecule has 0 spiro atoms. The van der Waals surface area contributed by atoms with E-state index in [9.17, 15) is 0 Å². The Morgan fingerprint density at radius 3 is 2.32 bits per heavy atom. The van der Waals surface area contributed by atoms with Crippen LogP contribution < -0.4 is 9.80 Å². The second-order valence-electron chi connectivity index (χ2n) is 7.93. The van der Waals surface area contributed by atoms with E-state index in [1.807, 2.05) is 18.3 Å². The van der Waals surface area contributed by atoms with Gasteiger partial charge >= 0.3 is 0 Å². The quantitative estimate of drug-likeness (QED) is 0.701. The van der Waals surface area contributed by atoms with Crippen LogP contribution in [-0.4, -0.2) is 44.5 Å². The maximum Gasteiger partial charge on any atom is 0.0536 e. The summed E-state index contributed by atoms with van der Waals surface area (Å²) in [7, 11) is 2.14. The van der Waals surface area contributed by atoms with Crippen molar-refractivity contribution in [3.63, 3.8) is 0 Å². The Morgan fingerprint density at radius 2 is 1.64 bits per heavy atom. The lowest BCUT2D eigenvalue weighted by Crippen LogP contribution is -2.44. The van der Waals surface area contributed by atoms with Crippen LogP contribution in [0.25, 0.3) is 0 Å². The zero-order valence-electron chi connectivity index (χ0n) is 16.8. The van der Waals surface area contributed by atoms with Crippen LogP contribution in [0.15, 0.2) is 65.4 Å². The Morgan fingerprint density at radius 1 is 0.964 bits per heavy atom. The molecule has 0 unspecified atom stereocenters. The van der Waals surface area contributed by atoms with E-state index in [1.54, 1.807) is 0 Å². The summed E-state index contributed by atoms with van der Waals surface area (Å²) >= 11 is 5.99. The van der Waals surface area contributed by atoms with Crippen molar-refractivity contribution in [1.29, 1.82) is 0 Å². The first kappa shape index (κ1) is 18.9. The Kier molecular flexibility index (Phi) is 5.07. The summed E-state index contributed by atoms with van der Waals surface area (Å²) in [5, 5.41) is 7.64. The van der Waals surface area contributed by atoms with Gasteiger partial charge in [0.1, 0.15) is 0 Å². The van der Waals surface area contributed by atoms with E-state index in [0.29, 0.717) is 0 Å². The highest BCUT2D eigenvalue weighted by atomic mass is 35.5. The number of likely N-dealkylation sites (N-methyl/N-ethyl adjacent to an activating group) is 1. The summed E-state index contributed by atoms with van der Waals surface area (Å²) in [4.78, 5) is 4.66. The first-order valence-electron chi connectivity index (χ1n) is 9.80. The molecule has 2 heterocycles. The SMILES string of the molecule is CN1/C(=C\C=N\N2CCN(c3ccc(Cl)cc3)CC2)C(C)(C)c2ccccc21. The lowest BCUT2D eigenvalue weighted by molar-refractivity contribution is 0.272. The minimum absolute atomic E-state index is 0.00928. The molecule has 2 aromatic carbocycles. The van der Waals surface area contributed by atoms with Crippen LogP contribution in [-0.2, 0) is 5.41 Å². The highest BCUT2D eigenvalue weighted by Crippen LogP contribution is 2.46. The van der Waals surface area contributed by atoms with Crippen molar-refractivity contribution in [3.8, 4) is 0 Å². The van der Waals surface area contributed by atoms with Gasteiger partial charge in [-0.25, -0.2) is 0 Å². The smallest absolute Gasteiger partial charge is 0.0536 e. The number of para-hydroxylation sites is 1. The summed E-state index contributed by atoms with van der Waals surface area (Å²) in [6.45, 7) is 8.32. The predicted molar refractivity (Wildman–Crippen MR) is 120 cm³/mol. The molecule has 2 aliphatic heterocycles. The normalized spacial score (nSPS) is 20.3. The molecule has 0 bridgehead atoms. The molecule has 1 fully saturated rings. The molecule has 0 aromatic heterocycles. The molecule has 0 atom stereocenters. The Labute approximate surface area is 172 Å².